The van der Waals surface area contributed by atoms with Crippen molar-refractivity contribution in [3.05, 3.63) is 71.2 Å². The lowest BCUT2D eigenvalue weighted by Gasteiger charge is -2.24. The number of carbonyl (C=O) groups is 1. The molecule has 0 bridgehead atoms. The van der Waals surface area contributed by atoms with Gasteiger partial charge in [-0.1, -0.05) is 35.9 Å². The number of carbonyl (C=O) groups excluding carboxylic acids is 1. The molecule has 1 amide bonds. The molecule has 0 N–H and O–H groups in total. The quantitative estimate of drug-likeness (QED) is 0.629. The van der Waals surface area contributed by atoms with Crippen molar-refractivity contribution in [3.63, 3.8) is 0 Å². The highest BCUT2D eigenvalue weighted by Crippen LogP contribution is 2.43. The molecule has 1 saturated heterocycles. The van der Waals surface area contributed by atoms with Crippen LogP contribution in [0.25, 0.3) is 10.8 Å². The van der Waals surface area contributed by atoms with Gasteiger partial charge >= 0.3 is 0 Å². The largest absolute Gasteiger partial charge is 0.497 e. The number of thioether (sulfide) groups is 1. The van der Waals surface area contributed by atoms with Crippen LogP contribution in [0, 0.1) is 0 Å². The van der Waals surface area contributed by atoms with Gasteiger partial charge in [0, 0.05) is 10.7 Å². The Kier molecular flexibility index (Phi) is 4.32. The summed E-state index contributed by atoms with van der Waals surface area (Å²) in [6.07, 6.45) is 0. The standard InChI is InChI=1S/C20H16ClNO2S/c1-24-18-8-7-13-9-15(6-5-14(13)10-18)20-22(19(23)12-25-20)17-4-2-3-16(21)11-17/h2-11,20H,12H2,1H3/t20-/m1/s1. The summed E-state index contributed by atoms with van der Waals surface area (Å²) in [5.74, 6) is 1.41. The molecule has 126 valence electrons. The smallest absolute Gasteiger partial charge is 0.238 e. The van der Waals surface area contributed by atoms with Crippen molar-refractivity contribution in [2.24, 2.45) is 0 Å². The second kappa shape index (κ2) is 6.62. The summed E-state index contributed by atoms with van der Waals surface area (Å²) in [5, 5.41) is 2.83. The molecule has 1 heterocycles. The molecular formula is C20H16ClNO2S. The number of methoxy groups -OCH3 is 1. The van der Waals surface area contributed by atoms with Crippen LogP contribution in [0.15, 0.2) is 60.7 Å². The van der Waals surface area contributed by atoms with E-state index in [1.807, 2.05) is 47.4 Å². The van der Waals surface area contributed by atoms with Gasteiger partial charge in [-0.2, -0.15) is 0 Å². The van der Waals surface area contributed by atoms with E-state index in [4.69, 9.17) is 16.3 Å². The molecule has 1 fully saturated rings. The third kappa shape index (κ3) is 3.08. The second-order valence-corrected chi connectivity index (χ2v) is 7.38. The Balaban J connectivity index is 1.74. The highest BCUT2D eigenvalue weighted by Gasteiger charge is 2.34. The Morgan fingerprint density at radius 2 is 1.88 bits per heavy atom. The Labute approximate surface area is 155 Å². The lowest BCUT2D eigenvalue weighted by molar-refractivity contribution is -0.115. The minimum atomic E-state index is -0.0440. The van der Waals surface area contributed by atoms with E-state index in [9.17, 15) is 4.79 Å². The van der Waals surface area contributed by atoms with E-state index in [2.05, 4.69) is 18.2 Å². The van der Waals surface area contributed by atoms with E-state index >= 15 is 0 Å². The van der Waals surface area contributed by atoms with Gasteiger partial charge < -0.3 is 4.74 Å². The molecule has 1 aliphatic heterocycles. The fourth-order valence-corrected chi connectivity index (χ4v) is 4.45. The fourth-order valence-electron chi connectivity index (χ4n) is 3.10. The van der Waals surface area contributed by atoms with E-state index in [1.54, 1.807) is 18.9 Å². The third-order valence-corrected chi connectivity index (χ3v) is 5.76. The SMILES string of the molecule is COc1ccc2cc([C@H]3SCC(=O)N3c3cccc(Cl)c3)ccc2c1. The zero-order valence-electron chi connectivity index (χ0n) is 13.6. The number of ether oxygens (including phenoxy) is 1. The molecule has 1 atom stereocenters. The number of halogens is 1. The van der Waals surface area contributed by atoms with Crippen LogP contribution in [0.4, 0.5) is 5.69 Å². The summed E-state index contributed by atoms with van der Waals surface area (Å²) < 4.78 is 5.28. The number of hydrogen-bond donors (Lipinski definition) is 0. The molecular weight excluding hydrogens is 354 g/mol. The van der Waals surface area contributed by atoms with Crippen molar-refractivity contribution < 1.29 is 9.53 Å². The number of hydrogen-bond acceptors (Lipinski definition) is 3. The van der Waals surface area contributed by atoms with Crippen LogP contribution in [0.3, 0.4) is 0 Å². The highest BCUT2D eigenvalue weighted by molar-refractivity contribution is 8.00. The van der Waals surface area contributed by atoms with Crippen molar-refractivity contribution in [1.29, 1.82) is 0 Å². The van der Waals surface area contributed by atoms with Gasteiger partial charge in [0.15, 0.2) is 0 Å². The lowest BCUT2D eigenvalue weighted by Crippen LogP contribution is -2.27. The zero-order valence-corrected chi connectivity index (χ0v) is 15.2. The highest BCUT2D eigenvalue weighted by atomic mass is 35.5. The summed E-state index contributed by atoms with van der Waals surface area (Å²) in [5.41, 5.74) is 1.94. The predicted molar refractivity (Wildman–Crippen MR) is 105 cm³/mol. The van der Waals surface area contributed by atoms with Crippen molar-refractivity contribution in [2.75, 3.05) is 17.8 Å². The average molecular weight is 370 g/mol. The van der Waals surface area contributed by atoms with E-state index in [0.29, 0.717) is 10.8 Å². The Morgan fingerprint density at radius 1 is 1.08 bits per heavy atom. The molecule has 0 aliphatic carbocycles. The fraction of sp³-hybridized carbons (Fsp3) is 0.150. The van der Waals surface area contributed by atoms with E-state index in [-0.39, 0.29) is 11.3 Å². The van der Waals surface area contributed by atoms with Crippen LogP contribution >= 0.6 is 23.4 Å². The van der Waals surface area contributed by atoms with Gasteiger partial charge in [0.2, 0.25) is 5.91 Å². The number of fused-ring (bicyclic) bond motifs is 1. The molecule has 4 rings (SSSR count). The van der Waals surface area contributed by atoms with Gasteiger partial charge in [-0.05, 0) is 52.7 Å². The second-order valence-electron chi connectivity index (χ2n) is 5.88. The number of amides is 1. The van der Waals surface area contributed by atoms with Crippen LogP contribution < -0.4 is 9.64 Å². The van der Waals surface area contributed by atoms with Crippen molar-refractivity contribution in [3.8, 4) is 5.75 Å². The number of anilines is 1. The Bertz CT molecular complexity index is 959. The van der Waals surface area contributed by atoms with Gasteiger partial charge in [-0.15, -0.1) is 11.8 Å². The molecule has 5 heteroatoms. The lowest BCUT2D eigenvalue weighted by atomic mass is 10.1. The summed E-state index contributed by atoms with van der Waals surface area (Å²) >= 11 is 7.75. The maximum atomic E-state index is 12.5. The van der Waals surface area contributed by atoms with Gasteiger partial charge in [-0.25, -0.2) is 0 Å². The molecule has 3 nitrogen and oxygen atoms in total. The predicted octanol–water partition coefficient (Wildman–Crippen LogP) is 5.28. The van der Waals surface area contributed by atoms with Crippen molar-refractivity contribution >= 4 is 45.7 Å². The van der Waals surface area contributed by atoms with Gasteiger partial charge in [0.05, 0.1) is 12.9 Å². The molecule has 3 aromatic rings. The molecule has 0 radical (unpaired) electrons. The molecule has 3 aromatic carbocycles. The zero-order chi connectivity index (χ0) is 17.4. The first-order chi connectivity index (χ1) is 12.2. The van der Waals surface area contributed by atoms with E-state index < -0.39 is 0 Å². The van der Waals surface area contributed by atoms with Crippen LogP contribution in [0.5, 0.6) is 5.75 Å². The number of nitrogens with zero attached hydrogens (tertiary/aromatic N) is 1. The monoisotopic (exact) mass is 369 g/mol. The molecule has 0 spiro atoms. The van der Waals surface area contributed by atoms with E-state index in [1.165, 1.54) is 0 Å². The molecule has 25 heavy (non-hydrogen) atoms. The minimum Gasteiger partial charge on any atom is -0.497 e. The normalized spacial score (nSPS) is 17.3. The maximum Gasteiger partial charge on any atom is 0.238 e. The summed E-state index contributed by atoms with van der Waals surface area (Å²) in [4.78, 5) is 14.3. The van der Waals surface area contributed by atoms with Crippen LogP contribution in [-0.2, 0) is 4.79 Å². The first-order valence-electron chi connectivity index (χ1n) is 7.92. The molecule has 0 aromatic heterocycles. The van der Waals surface area contributed by atoms with Gasteiger partial charge in [0.1, 0.15) is 11.1 Å². The van der Waals surface area contributed by atoms with Crippen LogP contribution in [-0.4, -0.2) is 18.8 Å². The number of rotatable bonds is 3. The first kappa shape index (κ1) is 16.3. The molecule has 0 unspecified atom stereocenters. The summed E-state index contributed by atoms with van der Waals surface area (Å²) in [6.45, 7) is 0. The Morgan fingerprint density at radius 3 is 2.68 bits per heavy atom. The average Bonchev–Trinajstić information content (AvgIpc) is 3.02. The van der Waals surface area contributed by atoms with E-state index in [0.717, 1.165) is 27.8 Å². The molecule has 0 saturated carbocycles. The van der Waals surface area contributed by atoms with Gasteiger partial charge in [-0.3, -0.25) is 9.69 Å². The summed E-state index contributed by atoms with van der Waals surface area (Å²) in [7, 11) is 1.67. The minimum absolute atomic E-state index is 0.0440. The molecule has 1 aliphatic rings. The van der Waals surface area contributed by atoms with Gasteiger partial charge in [0.25, 0.3) is 0 Å². The van der Waals surface area contributed by atoms with Crippen LogP contribution in [0.1, 0.15) is 10.9 Å². The van der Waals surface area contributed by atoms with Crippen molar-refractivity contribution in [1.82, 2.24) is 0 Å². The first-order valence-corrected chi connectivity index (χ1v) is 9.35. The van der Waals surface area contributed by atoms with Crippen molar-refractivity contribution in [2.45, 2.75) is 5.37 Å². The maximum absolute atomic E-state index is 12.5. The summed E-state index contributed by atoms with van der Waals surface area (Å²) in [6, 6.07) is 19.8. The van der Waals surface area contributed by atoms with Crippen LogP contribution in [0.2, 0.25) is 5.02 Å². The number of benzene rings is 3. The third-order valence-electron chi connectivity index (χ3n) is 4.31. The Hall–Kier alpha value is -2.17. The topological polar surface area (TPSA) is 29.5 Å².